The molecule has 0 spiro atoms. The number of nitrogens with zero attached hydrogens (tertiary/aromatic N) is 3. The third-order valence-electron chi connectivity index (χ3n) is 5.88. The van der Waals surface area contributed by atoms with E-state index in [4.69, 9.17) is 4.74 Å². The Labute approximate surface area is 180 Å². The highest BCUT2D eigenvalue weighted by Crippen LogP contribution is 2.13. The second-order valence-electron chi connectivity index (χ2n) is 8.08. The summed E-state index contributed by atoms with van der Waals surface area (Å²) in [5, 5.41) is 0. The van der Waals surface area contributed by atoms with Crippen LogP contribution in [0.25, 0.3) is 0 Å². The fourth-order valence-corrected chi connectivity index (χ4v) is 4.10. The second-order valence-corrected chi connectivity index (χ2v) is 8.08. The van der Waals surface area contributed by atoms with Gasteiger partial charge in [-0.2, -0.15) is 0 Å². The quantitative estimate of drug-likeness (QED) is 0.509. The van der Waals surface area contributed by atoms with Crippen LogP contribution in [0, 0.1) is 0 Å². The zero-order valence-electron chi connectivity index (χ0n) is 17.8. The fraction of sp³-hybridized carbons (Fsp3) is 0.385. The van der Waals surface area contributed by atoms with Crippen LogP contribution in [0.3, 0.4) is 0 Å². The Morgan fingerprint density at radius 2 is 1.43 bits per heavy atom. The summed E-state index contributed by atoms with van der Waals surface area (Å²) in [6, 6.07) is 26.1. The molecular formula is C26H33N3O. The van der Waals surface area contributed by atoms with Crippen molar-refractivity contribution in [1.29, 1.82) is 0 Å². The van der Waals surface area contributed by atoms with Gasteiger partial charge in [0.15, 0.2) is 0 Å². The lowest BCUT2D eigenvalue weighted by atomic mass is 10.1. The number of rotatable bonds is 10. The Balaban J connectivity index is 1.39. The maximum Gasteiger partial charge on any atom is 0.0594 e. The Morgan fingerprint density at radius 3 is 2.17 bits per heavy atom. The normalized spacial score (nSPS) is 15.0. The number of aromatic nitrogens is 1. The van der Waals surface area contributed by atoms with E-state index in [1.165, 1.54) is 16.8 Å². The summed E-state index contributed by atoms with van der Waals surface area (Å²) in [4.78, 5) is 5.08. The number of benzene rings is 2. The molecule has 0 saturated carbocycles. The van der Waals surface area contributed by atoms with Crippen molar-refractivity contribution < 1.29 is 4.74 Å². The van der Waals surface area contributed by atoms with Crippen molar-refractivity contribution in [2.24, 2.45) is 0 Å². The predicted molar refractivity (Wildman–Crippen MR) is 122 cm³/mol. The van der Waals surface area contributed by atoms with E-state index in [0.717, 1.165) is 65.4 Å². The molecule has 1 aliphatic rings. The van der Waals surface area contributed by atoms with E-state index in [9.17, 15) is 0 Å². The van der Waals surface area contributed by atoms with E-state index >= 15 is 0 Å². The van der Waals surface area contributed by atoms with Crippen LogP contribution in [0.1, 0.15) is 16.8 Å². The topological polar surface area (TPSA) is 20.6 Å². The molecular weight excluding hydrogens is 370 g/mol. The van der Waals surface area contributed by atoms with Gasteiger partial charge < -0.3 is 9.30 Å². The van der Waals surface area contributed by atoms with E-state index < -0.39 is 0 Å². The van der Waals surface area contributed by atoms with Crippen molar-refractivity contribution in [1.82, 2.24) is 14.4 Å². The van der Waals surface area contributed by atoms with Gasteiger partial charge in [-0.05, 0) is 29.7 Å². The third-order valence-corrected chi connectivity index (χ3v) is 5.88. The molecule has 3 aromatic rings. The molecule has 0 aliphatic carbocycles. The lowest BCUT2D eigenvalue weighted by Crippen LogP contribution is -2.38. The summed E-state index contributed by atoms with van der Waals surface area (Å²) in [5.41, 5.74) is 4.17. The van der Waals surface area contributed by atoms with Crippen LogP contribution in [0.5, 0.6) is 0 Å². The van der Waals surface area contributed by atoms with Gasteiger partial charge >= 0.3 is 0 Å². The first kappa shape index (κ1) is 20.9. The van der Waals surface area contributed by atoms with Gasteiger partial charge in [0.25, 0.3) is 0 Å². The molecule has 4 nitrogen and oxygen atoms in total. The summed E-state index contributed by atoms with van der Waals surface area (Å²) in [6.45, 7) is 8.95. The molecule has 158 valence electrons. The monoisotopic (exact) mass is 403 g/mol. The van der Waals surface area contributed by atoms with Crippen LogP contribution in [0.2, 0.25) is 0 Å². The molecule has 0 unspecified atom stereocenters. The Morgan fingerprint density at radius 1 is 0.733 bits per heavy atom. The summed E-state index contributed by atoms with van der Waals surface area (Å²) in [7, 11) is 0. The SMILES string of the molecule is c1ccc(CCN(Cc2ccccc2)Cc2cccn2CCN2CCOCC2)cc1. The highest BCUT2D eigenvalue weighted by atomic mass is 16.5. The third kappa shape index (κ3) is 6.30. The molecule has 4 rings (SSSR count). The first-order valence-corrected chi connectivity index (χ1v) is 11.1. The highest BCUT2D eigenvalue weighted by Gasteiger charge is 2.13. The smallest absolute Gasteiger partial charge is 0.0594 e. The summed E-state index contributed by atoms with van der Waals surface area (Å²) >= 11 is 0. The van der Waals surface area contributed by atoms with Gasteiger partial charge in [0.1, 0.15) is 0 Å². The van der Waals surface area contributed by atoms with E-state index in [2.05, 4.69) is 93.4 Å². The van der Waals surface area contributed by atoms with Crippen LogP contribution in [-0.4, -0.2) is 53.8 Å². The van der Waals surface area contributed by atoms with Gasteiger partial charge in [0.05, 0.1) is 13.2 Å². The molecule has 1 aliphatic heterocycles. The Bertz CT molecular complexity index is 856. The predicted octanol–water partition coefficient (Wildman–Crippen LogP) is 4.07. The minimum atomic E-state index is 0.864. The molecule has 0 radical (unpaired) electrons. The zero-order chi connectivity index (χ0) is 20.4. The number of morpholine rings is 1. The minimum absolute atomic E-state index is 0.864. The van der Waals surface area contributed by atoms with Crippen molar-refractivity contribution in [2.45, 2.75) is 26.1 Å². The largest absolute Gasteiger partial charge is 0.379 e. The fourth-order valence-electron chi connectivity index (χ4n) is 4.10. The van der Waals surface area contributed by atoms with Gasteiger partial charge in [0.2, 0.25) is 0 Å². The second kappa shape index (κ2) is 11.1. The molecule has 1 fully saturated rings. The first-order chi connectivity index (χ1) is 14.9. The number of hydrogen-bond acceptors (Lipinski definition) is 3. The molecule has 2 heterocycles. The molecule has 0 amide bonds. The van der Waals surface area contributed by atoms with Crippen molar-refractivity contribution >= 4 is 0 Å². The maximum atomic E-state index is 5.48. The van der Waals surface area contributed by atoms with Crippen molar-refractivity contribution in [3.05, 3.63) is 95.8 Å². The van der Waals surface area contributed by atoms with Crippen LogP contribution in [-0.2, 0) is 30.8 Å². The standard InChI is InChI=1S/C26H33N3O/c1-3-8-24(9-4-1)13-15-28(22-25-10-5-2-6-11-25)23-26-12-7-14-29(26)17-16-27-18-20-30-21-19-27/h1-12,14H,13,15-23H2. The molecule has 0 atom stereocenters. The Kier molecular flexibility index (Phi) is 7.73. The highest BCUT2D eigenvalue weighted by molar-refractivity contribution is 5.17. The van der Waals surface area contributed by atoms with Crippen LogP contribution >= 0.6 is 0 Å². The lowest BCUT2D eigenvalue weighted by molar-refractivity contribution is 0.0362. The van der Waals surface area contributed by atoms with E-state index in [-0.39, 0.29) is 0 Å². The molecule has 0 bridgehead atoms. The molecule has 1 aromatic heterocycles. The zero-order valence-corrected chi connectivity index (χ0v) is 17.8. The van der Waals surface area contributed by atoms with Crippen molar-refractivity contribution in [3.63, 3.8) is 0 Å². The van der Waals surface area contributed by atoms with Gasteiger partial charge in [-0.1, -0.05) is 60.7 Å². The van der Waals surface area contributed by atoms with E-state index in [0.29, 0.717) is 0 Å². The molecule has 1 saturated heterocycles. The number of hydrogen-bond donors (Lipinski definition) is 0. The van der Waals surface area contributed by atoms with Crippen LogP contribution in [0.15, 0.2) is 79.0 Å². The molecule has 0 N–H and O–H groups in total. The average molecular weight is 404 g/mol. The average Bonchev–Trinajstić information content (AvgIpc) is 3.25. The van der Waals surface area contributed by atoms with E-state index in [1.807, 2.05) is 0 Å². The molecule has 2 aromatic carbocycles. The van der Waals surface area contributed by atoms with Gasteiger partial charge in [0, 0.05) is 57.7 Å². The summed E-state index contributed by atoms with van der Waals surface area (Å²) in [6.07, 6.45) is 3.30. The molecule has 4 heteroatoms. The van der Waals surface area contributed by atoms with E-state index in [1.54, 1.807) is 0 Å². The lowest BCUT2D eigenvalue weighted by Gasteiger charge is -2.27. The molecule has 30 heavy (non-hydrogen) atoms. The van der Waals surface area contributed by atoms with Gasteiger partial charge in [-0.15, -0.1) is 0 Å². The maximum absolute atomic E-state index is 5.48. The summed E-state index contributed by atoms with van der Waals surface area (Å²) < 4.78 is 7.90. The number of ether oxygens (including phenoxy) is 1. The summed E-state index contributed by atoms with van der Waals surface area (Å²) in [5.74, 6) is 0. The van der Waals surface area contributed by atoms with Gasteiger partial charge in [-0.3, -0.25) is 9.80 Å². The Hall–Kier alpha value is -2.40. The van der Waals surface area contributed by atoms with Crippen molar-refractivity contribution in [2.75, 3.05) is 39.4 Å². The van der Waals surface area contributed by atoms with Gasteiger partial charge in [-0.25, -0.2) is 0 Å². The van der Waals surface area contributed by atoms with Crippen LogP contribution in [0.4, 0.5) is 0 Å². The first-order valence-electron chi connectivity index (χ1n) is 11.1. The van der Waals surface area contributed by atoms with Crippen LogP contribution < -0.4 is 0 Å². The minimum Gasteiger partial charge on any atom is -0.379 e. The van der Waals surface area contributed by atoms with Crippen molar-refractivity contribution in [3.8, 4) is 0 Å².